The van der Waals surface area contributed by atoms with Gasteiger partial charge in [0.1, 0.15) is 5.69 Å². The van der Waals surface area contributed by atoms with Crippen molar-refractivity contribution >= 4 is 39.7 Å². The summed E-state index contributed by atoms with van der Waals surface area (Å²) in [5.41, 5.74) is 8.59. The van der Waals surface area contributed by atoms with E-state index in [-0.39, 0.29) is 24.3 Å². The first-order valence-electron chi connectivity index (χ1n) is 8.37. The zero-order valence-corrected chi connectivity index (χ0v) is 17.5. The number of nitro groups is 1. The molecule has 28 heavy (non-hydrogen) atoms. The highest BCUT2D eigenvalue weighted by atomic mass is 127. The third-order valence-electron chi connectivity index (χ3n) is 4.32. The van der Waals surface area contributed by atoms with Gasteiger partial charge in [-0.05, 0) is 59.0 Å². The first-order valence-corrected chi connectivity index (χ1v) is 9.45. The van der Waals surface area contributed by atoms with E-state index in [1.54, 1.807) is 12.1 Å². The van der Waals surface area contributed by atoms with Crippen molar-refractivity contribution in [2.75, 3.05) is 10.2 Å². The maximum atomic E-state index is 10.9. The molecule has 1 aliphatic rings. The lowest BCUT2D eigenvalue weighted by molar-refractivity contribution is -0.691. The first-order chi connectivity index (χ1) is 13.1. The SMILES string of the molecule is O=[N+]([O-])c1ccc(N2NC(c3ccccc3)[NH2+]N2c2ccc(I)cc2)cc1.[Cl-]. The molecule has 1 fully saturated rings. The summed E-state index contributed by atoms with van der Waals surface area (Å²) in [6.45, 7) is 0. The second-order valence-corrected chi connectivity index (χ2v) is 7.32. The van der Waals surface area contributed by atoms with Crippen LogP contribution in [0.3, 0.4) is 0 Å². The summed E-state index contributed by atoms with van der Waals surface area (Å²) in [4.78, 5) is 10.6. The number of rotatable bonds is 4. The molecule has 1 atom stereocenters. The van der Waals surface area contributed by atoms with Crippen molar-refractivity contribution in [2.45, 2.75) is 6.17 Å². The van der Waals surface area contributed by atoms with Gasteiger partial charge in [-0.25, -0.2) is 5.43 Å². The number of nitrogens with zero attached hydrogens (tertiary/aromatic N) is 3. The molecular weight excluding hydrogens is 493 g/mol. The second-order valence-electron chi connectivity index (χ2n) is 6.07. The molecular formula is C19H17ClIN5O2. The minimum atomic E-state index is -0.392. The monoisotopic (exact) mass is 509 g/mol. The molecule has 1 saturated heterocycles. The fourth-order valence-electron chi connectivity index (χ4n) is 2.97. The van der Waals surface area contributed by atoms with E-state index in [1.165, 1.54) is 12.1 Å². The Hall–Kier alpha value is -2.40. The van der Waals surface area contributed by atoms with Gasteiger partial charge in [0.05, 0.1) is 10.6 Å². The van der Waals surface area contributed by atoms with E-state index in [2.05, 4.69) is 45.6 Å². The molecule has 0 radical (unpaired) electrons. The van der Waals surface area contributed by atoms with Crippen molar-refractivity contribution in [1.82, 2.24) is 5.43 Å². The first kappa shape index (κ1) is 20.3. The number of halogens is 2. The Morgan fingerprint density at radius 1 is 0.929 bits per heavy atom. The Kier molecular flexibility index (Phi) is 6.35. The van der Waals surface area contributed by atoms with Crippen LogP contribution in [0.2, 0.25) is 0 Å². The van der Waals surface area contributed by atoms with Gasteiger partial charge in [-0.2, -0.15) is 10.5 Å². The molecule has 3 N–H and O–H groups in total. The molecule has 1 heterocycles. The van der Waals surface area contributed by atoms with Gasteiger partial charge >= 0.3 is 0 Å². The predicted molar refractivity (Wildman–Crippen MR) is 111 cm³/mol. The Morgan fingerprint density at radius 2 is 1.54 bits per heavy atom. The van der Waals surface area contributed by atoms with Gasteiger partial charge in [-0.1, -0.05) is 30.3 Å². The van der Waals surface area contributed by atoms with Crippen molar-refractivity contribution in [1.29, 1.82) is 0 Å². The van der Waals surface area contributed by atoms with Gasteiger partial charge in [0.25, 0.3) is 5.69 Å². The maximum Gasteiger partial charge on any atom is 0.269 e. The summed E-state index contributed by atoms with van der Waals surface area (Å²) in [6.07, 6.45) is -0.0133. The smallest absolute Gasteiger partial charge is 0.269 e. The number of hydrazine groups is 2. The van der Waals surface area contributed by atoms with E-state index in [4.69, 9.17) is 0 Å². The van der Waals surface area contributed by atoms with E-state index < -0.39 is 4.92 Å². The van der Waals surface area contributed by atoms with Crippen molar-refractivity contribution in [3.63, 3.8) is 0 Å². The number of nitrogens with one attached hydrogen (secondary N) is 1. The highest BCUT2D eigenvalue weighted by Crippen LogP contribution is 2.25. The number of quaternary nitrogens is 1. The molecule has 144 valence electrons. The minimum absolute atomic E-state index is 0. The molecule has 3 aromatic carbocycles. The number of hydrogen-bond donors (Lipinski definition) is 2. The maximum absolute atomic E-state index is 10.9. The van der Waals surface area contributed by atoms with E-state index in [0.717, 1.165) is 20.5 Å². The summed E-state index contributed by atoms with van der Waals surface area (Å²) in [6, 6.07) is 24.8. The largest absolute Gasteiger partial charge is 1.00 e. The number of anilines is 2. The fourth-order valence-corrected chi connectivity index (χ4v) is 3.33. The van der Waals surface area contributed by atoms with E-state index in [0.29, 0.717) is 0 Å². The van der Waals surface area contributed by atoms with Crippen LogP contribution < -0.4 is 33.5 Å². The van der Waals surface area contributed by atoms with E-state index in [1.807, 2.05) is 52.7 Å². The quantitative estimate of drug-likeness (QED) is 0.226. The molecule has 0 bridgehead atoms. The molecule has 1 aliphatic heterocycles. The van der Waals surface area contributed by atoms with Crippen LogP contribution >= 0.6 is 22.6 Å². The Morgan fingerprint density at radius 3 is 2.14 bits per heavy atom. The van der Waals surface area contributed by atoms with E-state index in [9.17, 15) is 10.1 Å². The fraction of sp³-hybridized carbons (Fsp3) is 0.0526. The number of nitro benzene ring substituents is 1. The van der Waals surface area contributed by atoms with Crippen molar-refractivity contribution in [2.24, 2.45) is 0 Å². The molecule has 0 aromatic heterocycles. The summed E-state index contributed by atoms with van der Waals surface area (Å²) in [5, 5.41) is 14.9. The van der Waals surface area contributed by atoms with Crippen LogP contribution in [0.4, 0.5) is 17.1 Å². The molecule has 1 unspecified atom stereocenters. The molecule has 3 aromatic rings. The zero-order chi connectivity index (χ0) is 18.8. The number of non-ortho nitro benzene ring substituents is 1. The van der Waals surface area contributed by atoms with Gasteiger partial charge in [0.15, 0.2) is 0 Å². The number of benzene rings is 3. The molecule has 0 saturated carbocycles. The van der Waals surface area contributed by atoms with Crippen LogP contribution in [0.1, 0.15) is 11.7 Å². The summed E-state index contributed by atoms with van der Waals surface area (Å²) in [7, 11) is 0. The Balaban J connectivity index is 0.00000225. The van der Waals surface area contributed by atoms with Crippen molar-refractivity contribution in [3.8, 4) is 0 Å². The molecule has 0 amide bonds. The van der Waals surface area contributed by atoms with Crippen LogP contribution in [0.5, 0.6) is 0 Å². The number of hydrogen-bond acceptors (Lipinski definition) is 5. The van der Waals surface area contributed by atoms with Crippen molar-refractivity contribution < 1.29 is 22.8 Å². The summed E-state index contributed by atoms with van der Waals surface area (Å²) in [5.74, 6) is 0. The standard InChI is InChI=1S/C19H16IN5O2.ClH/c20-15-6-8-16(9-7-15)23-21-19(14-4-2-1-3-5-14)22-24(23)17-10-12-18(13-11-17)25(26)27;/h1-13,19,21-22H;1H. The highest BCUT2D eigenvalue weighted by molar-refractivity contribution is 14.1. The summed E-state index contributed by atoms with van der Waals surface area (Å²) >= 11 is 2.28. The van der Waals surface area contributed by atoms with Crippen LogP contribution in [-0.2, 0) is 0 Å². The van der Waals surface area contributed by atoms with Crippen LogP contribution in [0, 0.1) is 13.7 Å². The third-order valence-corrected chi connectivity index (χ3v) is 5.04. The average molecular weight is 510 g/mol. The second kappa shape index (κ2) is 8.74. The lowest BCUT2D eigenvalue weighted by Gasteiger charge is -2.25. The van der Waals surface area contributed by atoms with Crippen LogP contribution in [-0.4, -0.2) is 4.92 Å². The predicted octanol–water partition coefficient (Wildman–Crippen LogP) is 0.127. The highest BCUT2D eigenvalue weighted by Gasteiger charge is 2.35. The minimum Gasteiger partial charge on any atom is -1.00 e. The van der Waals surface area contributed by atoms with Crippen LogP contribution in [0.25, 0.3) is 0 Å². The van der Waals surface area contributed by atoms with Gasteiger partial charge in [0.2, 0.25) is 6.17 Å². The van der Waals surface area contributed by atoms with Gasteiger partial charge in [0, 0.05) is 21.3 Å². The molecule has 0 aliphatic carbocycles. The summed E-state index contributed by atoms with van der Waals surface area (Å²) < 4.78 is 1.16. The lowest BCUT2D eigenvalue weighted by Crippen LogP contribution is -3.00. The topological polar surface area (TPSA) is 78.3 Å². The average Bonchev–Trinajstić information content (AvgIpc) is 3.15. The normalized spacial score (nSPS) is 16.0. The molecule has 7 nitrogen and oxygen atoms in total. The van der Waals surface area contributed by atoms with Gasteiger partial charge < -0.3 is 12.4 Å². The van der Waals surface area contributed by atoms with Gasteiger partial charge in [-0.3, -0.25) is 10.1 Å². The Bertz CT molecular complexity index is 941. The molecule has 4 rings (SSSR count). The van der Waals surface area contributed by atoms with Crippen molar-refractivity contribution in [3.05, 3.63) is 98.1 Å². The van der Waals surface area contributed by atoms with Gasteiger partial charge in [-0.15, -0.1) is 5.12 Å². The Labute approximate surface area is 182 Å². The molecule has 9 heteroatoms. The lowest BCUT2D eigenvalue weighted by atomic mass is 10.2. The molecule has 0 spiro atoms. The van der Waals surface area contributed by atoms with Crippen LogP contribution in [0.15, 0.2) is 78.9 Å². The number of nitrogens with two attached hydrogens (primary N) is 1. The zero-order valence-electron chi connectivity index (χ0n) is 14.6. The third kappa shape index (κ3) is 4.20. The van der Waals surface area contributed by atoms with E-state index >= 15 is 0 Å².